The molecule has 142 valence electrons. The molecule has 6 heteroatoms. The van der Waals surface area contributed by atoms with Gasteiger partial charge in [0.15, 0.2) is 5.69 Å². The van der Waals surface area contributed by atoms with Crippen molar-refractivity contribution in [3.63, 3.8) is 0 Å². The van der Waals surface area contributed by atoms with Crippen LogP contribution in [0, 0.1) is 5.41 Å². The van der Waals surface area contributed by atoms with Crippen molar-refractivity contribution < 1.29 is 4.79 Å². The van der Waals surface area contributed by atoms with E-state index in [1.54, 1.807) is 5.38 Å². The maximum absolute atomic E-state index is 12.5. The number of piperidine rings is 1. The van der Waals surface area contributed by atoms with Crippen molar-refractivity contribution in [2.24, 2.45) is 5.41 Å². The van der Waals surface area contributed by atoms with Crippen molar-refractivity contribution in [1.82, 2.24) is 14.5 Å². The monoisotopic (exact) mass is 390 g/mol. The summed E-state index contributed by atoms with van der Waals surface area (Å²) in [5.74, 6) is 0.0235. The first-order valence-corrected chi connectivity index (χ1v) is 10.5. The number of aromatic nitrogens is 2. The Balaban J connectivity index is 1.22. The average molecular weight is 391 g/mol. The lowest BCUT2D eigenvalue weighted by Crippen LogP contribution is -2.61. The molecular weight excluding hydrogens is 368 g/mol. The molecule has 5 rings (SSSR count). The van der Waals surface area contributed by atoms with Crippen LogP contribution in [0.2, 0.25) is 0 Å². The van der Waals surface area contributed by atoms with E-state index in [0.29, 0.717) is 11.1 Å². The van der Waals surface area contributed by atoms with Crippen molar-refractivity contribution in [3.8, 4) is 11.1 Å². The molecule has 0 bridgehead atoms. The second kappa shape index (κ2) is 7.02. The van der Waals surface area contributed by atoms with E-state index in [4.69, 9.17) is 0 Å². The van der Waals surface area contributed by atoms with Gasteiger partial charge in [-0.05, 0) is 47.6 Å². The Morgan fingerprint density at radius 2 is 1.71 bits per heavy atom. The summed E-state index contributed by atoms with van der Waals surface area (Å²) in [6.07, 6.45) is 2.12. The predicted molar refractivity (Wildman–Crippen MR) is 112 cm³/mol. The molecule has 0 atom stereocenters. The third-order valence-corrected chi connectivity index (χ3v) is 6.57. The number of hydrogen-bond acceptors (Lipinski definition) is 5. The number of carbonyl (C=O) groups excluding carboxylic acids is 1. The molecule has 3 heterocycles. The minimum absolute atomic E-state index is 0.0235. The van der Waals surface area contributed by atoms with Crippen molar-refractivity contribution >= 4 is 23.1 Å². The summed E-state index contributed by atoms with van der Waals surface area (Å²) in [6, 6.07) is 19.3. The summed E-state index contributed by atoms with van der Waals surface area (Å²) in [4.78, 5) is 16.9. The zero-order chi connectivity index (χ0) is 19.0. The number of hydrogen-bond donors (Lipinski definition) is 0. The second-order valence-electron chi connectivity index (χ2n) is 7.85. The molecule has 0 N–H and O–H groups in total. The Bertz CT molecular complexity index is 957. The average Bonchev–Trinajstić information content (AvgIpc) is 3.27. The van der Waals surface area contributed by atoms with Gasteiger partial charge in [0.2, 0.25) is 0 Å². The summed E-state index contributed by atoms with van der Waals surface area (Å²) in [7, 11) is 0. The van der Waals surface area contributed by atoms with E-state index >= 15 is 0 Å². The van der Waals surface area contributed by atoms with Gasteiger partial charge in [0.05, 0.1) is 0 Å². The van der Waals surface area contributed by atoms with Crippen LogP contribution < -0.4 is 4.90 Å². The standard InChI is InChI=1S/C22H22N4OS/c27-21(20-14-28-24-23-20)25-11-9-22(10-12-25)15-26(16-22)19-8-4-7-18(13-19)17-5-2-1-3-6-17/h1-8,13-14H,9-12,15-16H2. The van der Waals surface area contributed by atoms with Gasteiger partial charge in [-0.3, -0.25) is 4.79 Å². The predicted octanol–water partition coefficient (Wildman–Crippen LogP) is 3.95. The number of amides is 1. The summed E-state index contributed by atoms with van der Waals surface area (Å²) in [6.45, 7) is 3.78. The Kier molecular flexibility index (Phi) is 4.36. The van der Waals surface area contributed by atoms with E-state index in [2.05, 4.69) is 69.1 Å². The molecule has 1 amide bonds. The Morgan fingerprint density at radius 3 is 2.43 bits per heavy atom. The van der Waals surface area contributed by atoms with E-state index in [1.807, 2.05) is 4.90 Å². The second-order valence-corrected chi connectivity index (χ2v) is 8.46. The third kappa shape index (κ3) is 3.18. The number of likely N-dealkylation sites (tertiary alicyclic amines) is 1. The van der Waals surface area contributed by atoms with Crippen LogP contribution in [-0.2, 0) is 0 Å². The highest BCUT2D eigenvalue weighted by Crippen LogP contribution is 2.43. The number of benzene rings is 2. The summed E-state index contributed by atoms with van der Waals surface area (Å²) in [5.41, 5.74) is 4.63. The Labute approximate surface area is 168 Å². The molecule has 2 aromatic carbocycles. The molecule has 0 aliphatic carbocycles. The molecule has 5 nitrogen and oxygen atoms in total. The van der Waals surface area contributed by atoms with Gasteiger partial charge in [-0.2, -0.15) is 0 Å². The highest BCUT2D eigenvalue weighted by Gasteiger charge is 2.45. The van der Waals surface area contributed by atoms with Gasteiger partial charge in [0.25, 0.3) is 5.91 Å². The van der Waals surface area contributed by atoms with Crippen molar-refractivity contribution in [3.05, 3.63) is 65.7 Å². The zero-order valence-electron chi connectivity index (χ0n) is 15.6. The molecule has 0 radical (unpaired) electrons. The molecule has 2 aliphatic rings. The van der Waals surface area contributed by atoms with Crippen LogP contribution in [0.25, 0.3) is 11.1 Å². The van der Waals surface area contributed by atoms with E-state index in [1.165, 1.54) is 28.3 Å². The van der Waals surface area contributed by atoms with Crippen LogP contribution in [0.3, 0.4) is 0 Å². The van der Waals surface area contributed by atoms with E-state index in [0.717, 1.165) is 39.0 Å². The topological polar surface area (TPSA) is 49.3 Å². The Hall–Kier alpha value is -2.73. The highest BCUT2D eigenvalue weighted by atomic mass is 32.1. The fourth-order valence-electron chi connectivity index (χ4n) is 4.38. The SMILES string of the molecule is O=C(c1csnn1)N1CCC2(CC1)CN(c1cccc(-c3ccccc3)c1)C2. The smallest absolute Gasteiger partial charge is 0.275 e. The first-order valence-electron chi connectivity index (χ1n) is 9.69. The number of anilines is 1. The molecule has 0 unspecified atom stereocenters. The van der Waals surface area contributed by atoms with Crippen LogP contribution in [-0.4, -0.2) is 46.6 Å². The summed E-state index contributed by atoms with van der Waals surface area (Å²) in [5, 5.41) is 5.65. The molecule has 2 saturated heterocycles. The van der Waals surface area contributed by atoms with Crippen LogP contribution in [0.5, 0.6) is 0 Å². The van der Waals surface area contributed by atoms with E-state index in [-0.39, 0.29) is 5.91 Å². The highest BCUT2D eigenvalue weighted by molar-refractivity contribution is 7.03. The largest absolute Gasteiger partial charge is 0.370 e. The number of nitrogens with zero attached hydrogens (tertiary/aromatic N) is 4. The number of carbonyl (C=O) groups is 1. The molecule has 0 saturated carbocycles. The van der Waals surface area contributed by atoms with Crippen molar-refractivity contribution in [2.45, 2.75) is 12.8 Å². The minimum Gasteiger partial charge on any atom is -0.370 e. The Morgan fingerprint density at radius 1 is 0.964 bits per heavy atom. The van der Waals surface area contributed by atoms with Gasteiger partial charge in [0.1, 0.15) is 0 Å². The first-order chi connectivity index (χ1) is 13.7. The van der Waals surface area contributed by atoms with Crippen LogP contribution in [0.15, 0.2) is 60.0 Å². The van der Waals surface area contributed by atoms with Gasteiger partial charge in [-0.25, -0.2) is 0 Å². The molecule has 2 aliphatic heterocycles. The summed E-state index contributed by atoms with van der Waals surface area (Å²) < 4.78 is 3.80. The van der Waals surface area contributed by atoms with E-state index < -0.39 is 0 Å². The van der Waals surface area contributed by atoms with Crippen molar-refractivity contribution in [2.75, 3.05) is 31.1 Å². The zero-order valence-corrected chi connectivity index (χ0v) is 16.4. The van der Waals surface area contributed by atoms with Gasteiger partial charge >= 0.3 is 0 Å². The maximum Gasteiger partial charge on any atom is 0.275 e. The van der Waals surface area contributed by atoms with Gasteiger partial charge in [-0.1, -0.05) is 47.0 Å². The van der Waals surface area contributed by atoms with Crippen LogP contribution in [0.4, 0.5) is 5.69 Å². The normalized spacial score (nSPS) is 18.1. The number of rotatable bonds is 3. The molecular formula is C22H22N4OS. The molecule has 1 spiro atoms. The first kappa shape index (κ1) is 17.4. The molecule has 2 fully saturated rings. The van der Waals surface area contributed by atoms with E-state index in [9.17, 15) is 4.79 Å². The maximum atomic E-state index is 12.5. The fourth-order valence-corrected chi connectivity index (χ4v) is 4.81. The van der Waals surface area contributed by atoms with Gasteiger partial charge < -0.3 is 9.80 Å². The lowest BCUT2D eigenvalue weighted by atomic mass is 9.71. The molecule has 28 heavy (non-hydrogen) atoms. The van der Waals surface area contributed by atoms with Crippen LogP contribution in [0.1, 0.15) is 23.3 Å². The van der Waals surface area contributed by atoms with Gasteiger partial charge in [0, 0.05) is 42.7 Å². The lowest BCUT2D eigenvalue weighted by molar-refractivity contribution is 0.0498. The molecule has 1 aromatic heterocycles. The van der Waals surface area contributed by atoms with Gasteiger partial charge in [-0.15, -0.1) is 5.10 Å². The van der Waals surface area contributed by atoms with Crippen LogP contribution >= 0.6 is 11.5 Å². The minimum atomic E-state index is 0.0235. The summed E-state index contributed by atoms with van der Waals surface area (Å²) >= 11 is 1.23. The quantitative estimate of drug-likeness (QED) is 0.680. The lowest BCUT2D eigenvalue weighted by Gasteiger charge is -2.55. The third-order valence-electron chi connectivity index (χ3n) is 6.06. The fraction of sp³-hybridized carbons (Fsp3) is 0.318. The molecule has 3 aromatic rings. The van der Waals surface area contributed by atoms with Crippen molar-refractivity contribution in [1.29, 1.82) is 0 Å².